The van der Waals surface area contributed by atoms with Gasteiger partial charge in [-0.2, -0.15) is 0 Å². The molecule has 21 heavy (non-hydrogen) atoms. The van der Waals surface area contributed by atoms with Crippen LogP contribution in [-0.2, 0) is 16.8 Å². The Kier molecular flexibility index (Phi) is 5.57. The minimum absolute atomic E-state index is 0.0435. The van der Waals surface area contributed by atoms with Crippen molar-refractivity contribution in [2.75, 3.05) is 6.54 Å². The fourth-order valence-corrected chi connectivity index (χ4v) is 2.21. The van der Waals surface area contributed by atoms with E-state index in [0.717, 1.165) is 6.54 Å². The molecule has 118 valence electrons. The van der Waals surface area contributed by atoms with E-state index in [2.05, 4.69) is 70.7 Å². The SMILES string of the molecule is CC(C)(C)c1ccc(CN(CCC(=O)O)C(C)(C)C)cc1. The summed E-state index contributed by atoms with van der Waals surface area (Å²) in [6.45, 7) is 14.3. The first-order valence-corrected chi connectivity index (χ1v) is 7.56. The molecule has 0 bridgehead atoms. The van der Waals surface area contributed by atoms with Crippen molar-refractivity contribution in [2.45, 2.75) is 65.5 Å². The predicted octanol–water partition coefficient (Wildman–Crippen LogP) is 4.06. The van der Waals surface area contributed by atoms with Crippen molar-refractivity contribution in [3.05, 3.63) is 35.4 Å². The lowest BCUT2D eigenvalue weighted by Gasteiger charge is -2.35. The fraction of sp³-hybridized carbons (Fsp3) is 0.611. The van der Waals surface area contributed by atoms with Gasteiger partial charge in [-0.1, -0.05) is 45.0 Å². The lowest BCUT2D eigenvalue weighted by Crippen LogP contribution is -2.42. The summed E-state index contributed by atoms with van der Waals surface area (Å²) in [5.41, 5.74) is 2.66. The summed E-state index contributed by atoms with van der Waals surface area (Å²) in [4.78, 5) is 13.0. The van der Waals surface area contributed by atoms with Gasteiger partial charge in [0.05, 0.1) is 6.42 Å². The molecule has 1 rings (SSSR count). The van der Waals surface area contributed by atoms with Crippen LogP contribution in [0, 0.1) is 0 Å². The van der Waals surface area contributed by atoms with Crippen molar-refractivity contribution >= 4 is 5.97 Å². The van der Waals surface area contributed by atoms with Gasteiger partial charge >= 0.3 is 5.97 Å². The molecule has 0 aliphatic heterocycles. The third-order valence-electron chi connectivity index (χ3n) is 3.74. The van der Waals surface area contributed by atoms with Crippen LogP contribution >= 0.6 is 0 Å². The molecule has 0 saturated heterocycles. The van der Waals surface area contributed by atoms with Crippen LogP contribution in [0.3, 0.4) is 0 Å². The third kappa shape index (κ3) is 5.88. The monoisotopic (exact) mass is 291 g/mol. The second-order valence-corrected chi connectivity index (χ2v) is 7.68. The van der Waals surface area contributed by atoms with Gasteiger partial charge in [0.1, 0.15) is 0 Å². The molecular weight excluding hydrogens is 262 g/mol. The Hall–Kier alpha value is -1.35. The Morgan fingerprint density at radius 2 is 1.57 bits per heavy atom. The molecule has 0 aliphatic rings. The molecule has 1 aromatic carbocycles. The number of nitrogens with zero attached hydrogens (tertiary/aromatic N) is 1. The molecule has 0 amide bonds. The Morgan fingerprint density at radius 3 is 1.95 bits per heavy atom. The van der Waals surface area contributed by atoms with Gasteiger partial charge in [-0.15, -0.1) is 0 Å². The normalized spacial score (nSPS) is 12.7. The highest BCUT2D eigenvalue weighted by Crippen LogP contribution is 2.23. The van der Waals surface area contributed by atoms with Crippen molar-refractivity contribution in [1.82, 2.24) is 4.90 Å². The highest BCUT2D eigenvalue weighted by Gasteiger charge is 2.22. The zero-order chi connectivity index (χ0) is 16.3. The van der Waals surface area contributed by atoms with E-state index in [-0.39, 0.29) is 17.4 Å². The van der Waals surface area contributed by atoms with E-state index in [0.29, 0.717) is 6.54 Å². The number of aliphatic carboxylic acids is 1. The number of carboxylic acid groups (broad SMARTS) is 1. The second kappa shape index (κ2) is 6.61. The minimum atomic E-state index is -0.743. The van der Waals surface area contributed by atoms with Gasteiger partial charge in [-0.3, -0.25) is 9.69 Å². The zero-order valence-corrected chi connectivity index (χ0v) is 14.2. The number of hydrogen-bond acceptors (Lipinski definition) is 2. The summed E-state index contributed by atoms with van der Waals surface area (Å²) >= 11 is 0. The Bertz CT molecular complexity index is 463. The van der Waals surface area contributed by atoms with Gasteiger partial charge in [0.25, 0.3) is 0 Å². The number of carbonyl (C=O) groups is 1. The standard InChI is InChI=1S/C18H29NO2/c1-17(2,3)15-9-7-14(8-10-15)13-19(18(4,5)6)12-11-16(20)21/h7-10H,11-13H2,1-6H3,(H,20,21). The number of rotatable bonds is 5. The lowest BCUT2D eigenvalue weighted by atomic mass is 9.86. The van der Waals surface area contributed by atoms with Gasteiger partial charge in [-0.05, 0) is 37.3 Å². The minimum Gasteiger partial charge on any atom is -0.481 e. The van der Waals surface area contributed by atoms with Crippen LogP contribution in [0.25, 0.3) is 0 Å². The molecule has 3 nitrogen and oxygen atoms in total. The summed E-state index contributed by atoms with van der Waals surface area (Å²) in [5.74, 6) is -0.743. The molecule has 1 N–H and O–H groups in total. The maximum Gasteiger partial charge on any atom is 0.304 e. The Morgan fingerprint density at radius 1 is 1.05 bits per heavy atom. The lowest BCUT2D eigenvalue weighted by molar-refractivity contribution is -0.137. The molecule has 3 heteroatoms. The van der Waals surface area contributed by atoms with Crippen LogP contribution < -0.4 is 0 Å². The van der Waals surface area contributed by atoms with E-state index in [1.54, 1.807) is 0 Å². The molecule has 0 aromatic heterocycles. The third-order valence-corrected chi connectivity index (χ3v) is 3.74. The first-order chi connectivity index (χ1) is 9.50. The molecule has 0 spiro atoms. The molecule has 0 atom stereocenters. The topological polar surface area (TPSA) is 40.5 Å². The van der Waals surface area contributed by atoms with Crippen molar-refractivity contribution in [1.29, 1.82) is 0 Å². The van der Waals surface area contributed by atoms with Crippen molar-refractivity contribution in [3.63, 3.8) is 0 Å². The molecule has 0 radical (unpaired) electrons. The maximum atomic E-state index is 10.8. The molecule has 0 heterocycles. The molecule has 0 aliphatic carbocycles. The highest BCUT2D eigenvalue weighted by atomic mass is 16.4. The highest BCUT2D eigenvalue weighted by molar-refractivity contribution is 5.66. The average Bonchev–Trinajstić information content (AvgIpc) is 2.32. The summed E-state index contributed by atoms with van der Waals surface area (Å²) in [6, 6.07) is 8.65. The van der Waals surface area contributed by atoms with Crippen LogP contribution in [0.2, 0.25) is 0 Å². The van der Waals surface area contributed by atoms with E-state index in [1.807, 2.05) is 0 Å². The van der Waals surface area contributed by atoms with Crippen LogP contribution in [0.4, 0.5) is 0 Å². The quantitative estimate of drug-likeness (QED) is 0.889. The van der Waals surface area contributed by atoms with E-state index >= 15 is 0 Å². The van der Waals surface area contributed by atoms with E-state index in [4.69, 9.17) is 5.11 Å². The van der Waals surface area contributed by atoms with E-state index in [1.165, 1.54) is 11.1 Å². The zero-order valence-electron chi connectivity index (χ0n) is 14.2. The maximum absolute atomic E-state index is 10.8. The van der Waals surface area contributed by atoms with Crippen molar-refractivity contribution < 1.29 is 9.90 Å². The molecule has 0 fully saturated rings. The van der Waals surface area contributed by atoms with Crippen LogP contribution in [-0.4, -0.2) is 28.1 Å². The molecular formula is C18H29NO2. The number of benzene rings is 1. The van der Waals surface area contributed by atoms with Gasteiger partial charge in [0, 0.05) is 18.6 Å². The summed E-state index contributed by atoms with van der Waals surface area (Å²) in [5, 5.41) is 8.89. The number of carboxylic acids is 1. The van der Waals surface area contributed by atoms with Gasteiger partial charge in [0.2, 0.25) is 0 Å². The molecule has 0 saturated carbocycles. The average molecular weight is 291 g/mol. The van der Waals surface area contributed by atoms with E-state index < -0.39 is 5.97 Å². The van der Waals surface area contributed by atoms with Crippen LogP contribution in [0.1, 0.15) is 59.1 Å². The summed E-state index contributed by atoms with van der Waals surface area (Å²) in [7, 11) is 0. The van der Waals surface area contributed by atoms with Gasteiger partial charge < -0.3 is 5.11 Å². The second-order valence-electron chi connectivity index (χ2n) is 7.68. The predicted molar refractivity (Wildman–Crippen MR) is 87.6 cm³/mol. The first kappa shape index (κ1) is 17.7. The molecule has 0 unspecified atom stereocenters. The Balaban J connectivity index is 2.81. The van der Waals surface area contributed by atoms with Crippen molar-refractivity contribution in [2.24, 2.45) is 0 Å². The fourth-order valence-electron chi connectivity index (χ4n) is 2.21. The van der Waals surface area contributed by atoms with E-state index in [9.17, 15) is 4.79 Å². The van der Waals surface area contributed by atoms with Crippen LogP contribution in [0.5, 0.6) is 0 Å². The smallest absolute Gasteiger partial charge is 0.304 e. The summed E-state index contributed by atoms with van der Waals surface area (Å²) in [6.07, 6.45) is 0.178. The van der Waals surface area contributed by atoms with Crippen molar-refractivity contribution in [3.8, 4) is 0 Å². The van der Waals surface area contributed by atoms with Gasteiger partial charge in [-0.25, -0.2) is 0 Å². The Labute approximate surface area is 129 Å². The van der Waals surface area contributed by atoms with Crippen LogP contribution in [0.15, 0.2) is 24.3 Å². The van der Waals surface area contributed by atoms with Gasteiger partial charge in [0.15, 0.2) is 0 Å². The molecule has 1 aromatic rings. The largest absolute Gasteiger partial charge is 0.481 e. The number of hydrogen-bond donors (Lipinski definition) is 1. The first-order valence-electron chi connectivity index (χ1n) is 7.56. The summed E-state index contributed by atoms with van der Waals surface area (Å²) < 4.78 is 0.